The van der Waals surface area contributed by atoms with Gasteiger partial charge >= 0.3 is 39.5 Å². The van der Waals surface area contributed by atoms with Gasteiger partial charge in [0, 0.05) is 25.7 Å². The third-order valence-corrected chi connectivity index (χ3v) is 22.4. The highest BCUT2D eigenvalue weighted by atomic mass is 31.2. The van der Waals surface area contributed by atoms with Gasteiger partial charge in [0.15, 0.2) is 12.2 Å². The topological polar surface area (TPSA) is 237 Å². The molecular formula is C86H168O17P2. The number of aliphatic hydroxyl groups is 1. The van der Waals surface area contributed by atoms with Gasteiger partial charge in [0.1, 0.15) is 19.3 Å². The maximum atomic E-state index is 13.1. The summed E-state index contributed by atoms with van der Waals surface area (Å²) in [6.07, 6.45) is 66.6. The highest BCUT2D eigenvalue weighted by molar-refractivity contribution is 7.47. The predicted octanol–water partition coefficient (Wildman–Crippen LogP) is 26.1. The van der Waals surface area contributed by atoms with E-state index >= 15 is 0 Å². The summed E-state index contributed by atoms with van der Waals surface area (Å²) in [7, 11) is -9.93. The Morgan fingerprint density at radius 1 is 0.276 bits per heavy atom. The number of hydrogen-bond donors (Lipinski definition) is 3. The first-order valence-corrected chi connectivity index (χ1v) is 47.4. The number of esters is 4. The third kappa shape index (κ3) is 78.5. The Bertz CT molecular complexity index is 2030. The summed E-state index contributed by atoms with van der Waals surface area (Å²) in [5, 5.41) is 10.7. The Kier molecular flexibility index (Phi) is 74.7. The van der Waals surface area contributed by atoms with Crippen molar-refractivity contribution in [1.29, 1.82) is 0 Å². The van der Waals surface area contributed by atoms with Crippen LogP contribution < -0.4 is 0 Å². The fraction of sp³-hybridized carbons (Fsp3) is 0.953. The number of hydrogen-bond acceptors (Lipinski definition) is 15. The summed E-state index contributed by atoms with van der Waals surface area (Å²) in [5.74, 6) is 0.259. The minimum absolute atomic E-state index is 0.107. The van der Waals surface area contributed by atoms with Crippen LogP contribution in [0.1, 0.15) is 453 Å². The van der Waals surface area contributed by atoms with E-state index in [4.69, 9.17) is 37.0 Å². The first kappa shape index (κ1) is 103. The Balaban J connectivity index is 5.26. The van der Waals surface area contributed by atoms with Crippen molar-refractivity contribution in [3.8, 4) is 0 Å². The van der Waals surface area contributed by atoms with E-state index in [9.17, 15) is 43.2 Å². The van der Waals surface area contributed by atoms with Crippen LogP contribution in [0.2, 0.25) is 0 Å². The molecule has 0 rings (SSSR count). The van der Waals surface area contributed by atoms with Gasteiger partial charge in [-0.05, 0) is 43.4 Å². The summed E-state index contributed by atoms with van der Waals surface area (Å²) in [4.78, 5) is 73.3. The van der Waals surface area contributed by atoms with Gasteiger partial charge in [0.25, 0.3) is 0 Å². The van der Waals surface area contributed by atoms with Crippen molar-refractivity contribution in [3.05, 3.63) is 0 Å². The maximum absolute atomic E-state index is 13.1. The molecule has 0 radical (unpaired) electrons. The minimum Gasteiger partial charge on any atom is -0.462 e. The second kappa shape index (κ2) is 76.1. The normalized spacial score (nSPS) is 14.1. The molecule has 0 amide bonds. The zero-order chi connectivity index (χ0) is 77.2. The van der Waals surface area contributed by atoms with Crippen molar-refractivity contribution in [2.24, 2.45) is 17.8 Å². The van der Waals surface area contributed by atoms with E-state index in [0.29, 0.717) is 25.7 Å². The van der Waals surface area contributed by atoms with Crippen molar-refractivity contribution >= 4 is 39.5 Å². The fourth-order valence-corrected chi connectivity index (χ4v) is 14.9. The quantitative estimate of drug-likeness (QED) is 0.0222. The van der Waals surface area contributed by atoms with Gasteiger partial charge in [-0.2, -0.15) is 0 Å². The van der Waals surface area contributed by atoms with E-state index in [1.165, 1.54) is 263 Å². The van der Waals surface area contributed by atoms with Crippen LogP contribution in [-0.4, -0.2) is 96.7 Å². The number of rotatable bonds is 84. The average molecular weight is 1540 g/mol. The van der Waals surface area contributed by atoms with Gasteiger partial charge in [-0.3, -0.25) is 37.3 Å². The molecule has 3 unspecified atom stereocenters. The lowest BCUT2D eigenvalue weighted by Crippen LogP contribution is -2.30. The van der Waals surface area contributed by atoms with Gasteiger partial charge in [-0.25, -0.2) is 9.13 Å². The number of aliphatic hydroxyl groups excluding tert-OH is 1. The molecule has 6 atom stereocenters. The first-order valence-electron chi connectivity index (χ1n) is 44.4. The molecule has 0 heterocycles. The molecule has 3 N–H and O–H groups in total. The molecule has 0 aliphatic heterocycles. The number of carbonyl (C=O) groups excluding carboxylic acids is 4. The van der Waals surface area contributed by atoms with Crippen molar-refractivity contribution in [2.75, 3.05) is 39.6 Å². The molecular weight excluding hydrogens is 1370 g/mol. The lowest BCUT2D eigenvalue weighted by molar-refractivity contribution is -0.161. The molecule has 19 heteroatoms. The maximum Gasteiger partial charge on any atom is 0.472 e. The Morgan fingerprint density at radius 2 is 0.486 bits per heavy atom. The Hall–Kier alpha value is -1.94. The number of phosphoric acid groups is 2. The van der Waals surface area contributed by atoms with Crippen LogP contribution in [0.3, 0.4) is 0 Å². The molecule has 0 spiro atoms. The van der Waals surface area contributed by atoms with Gasteiger partial charge in [0.05, 0.1) is 26.4 Å². The average Bonchev–Trinajstić information content (AvgIpc) is 0.912. The molecule has 0 aliphatic carbocycles. The smallest absolute Gasteiger partial charge is 0.462 e. The largest absolute Gasteiger partial charge is 0.472 e. The summed E-state index contributed by atoms with van der Waals surface area (Å²) < 4.78 is 68.9. The molecule has 624 valence electrons. The standard InChI is InChI=1S/C86H168O17P2/c1-8-10-11-12-13-14-15-16-17-18-19-20-21-22-29-34-39-48-55-62-69-85(90)102-81(73-96-83(88)67-60-53-46-38-33-28-24-23-26-31-36-43-50-57-64-77(3)4)75-100-104(92,93)98-71-80(87)72-99-105(94,95)101-76-82(74-97-84(89)68-61-54-47-42-41-45-52-59-66-79(7)9-2)103-86(91)70-63-56-49-40-35-30-25-27-32-37-44-51-58-65-78(5)6/h77-82,87H,8-76H2,1-7H3,(H,92,93)(H,94,95)/t79?,80-,81-,82-/m1/s1. The second-order valence-electron chi connectivity index (χ2n) is 32.1. The SMILES string of the molecule is CCCCCCCCCCCCCCCCCCCCCCC(=O)O[C@H](COC(=O)CCCCCCCCCCCCCCCCC(C)C)COP(=O)(O)OC[C@@H](O)COP(=O)(O)OC[C@@H](COC(=O)CCCCCCCCCCC(C)CC)OC(=O)CCCCCCCCCCCCCCCC(C)C. The van der Waals surface area contributed by atoms with E-state index in [2.05, 4.69) is 48.5 Å². The van der Waals surface area contributed by atoms with Crippen LogP contribution in [0.5, 0.6) is 0 Å². The molecule has 0 saturated carbocycles. The van der Waals surface area contributed by atoms with Gasteiger partial charge in [-0.15, -0.1) is 0 Å². The van der Waals surface area contributed by atoms with Crippen LogP contribution in [0, 0.1) is 17.8 Å². The van der Waals surface area contributed by atoms with E-state index in [0.717, 1.165) is 108 Å². The summed E-state index contributed by atoms with van der Waals surface area (Å²) in [6, 6.07) is 0. The van der Waals surface area contributed by atoms with Crippen LogP contribution >= 0.6 is 15.6 Å². The monoisotopic (exact) mass is 1540 g/mol. The predicted molar refractivity (Wildman–Crippen MR) is 432 cm³/mol. The zero-order valence-electron chi connectivity index (χ0n) is 69.2. The molecule has 0 saturated heterocycles. The Labute approximate surface area is 645 Å². The molecule has 17 nitrogen and oxygen atoms in total. The van der Waals surface area contributed by atoms with Gasteiger partial charge in [0.2, 0.25) is 0 Å². The number of carbonyl (C=O) groups is 4. The van der Waals surface area contributed by atoms with Crippen LogP contribution in [-0.2, 0) is 65.4 Å². The summed E-state index contributed by atoms with van der Waals surface area (Å²) in [6.45, 7) is 12.0. The van der Waals surface area contributed by atoms with E-state index in [1.807, 2.05) is 0 Å². The van der Waals surface area contributed by atoms with Crippen molar-refractivity contribution in [1.82, 2.24) is 0 Å². The van der Waals surface area contributed by atoms with Crippen LogP contribution in [0.15, 0.2) is 0 Å². The summed E-state index contributed by atoms with van der Waals surface area (Å²) in [5.41, 5.74) is 0. The fourth-order valence-electron chi connectivity index (χ4n) is 13.3. The third-order valence-electron chi connectivity index (χ3n) is 20.5. The number of ether oxygens (including phenoxy) is 4. The van der Waals surface area contributed by atoms with E-state index in [-0.39, 0.29) is 25.7 Å². The Morgan fingerprint density at radius 3 is 0.724 bits per heavy atom. The first-order chi connectivity index (χ1) is 50.8. The zero-order valence-corrected chi connectivity index (χ0v) is 71.0. The molecule has 0 aromatic rings. The van der Waals surface area contributed by atoms with Crippen molar-refractivity contribution < 1.29 is 80.2 Å². The lowest BCUT2D eigenvalue weighted by Gasteiger charge is -2.21. The van der Waals surface area contributed by atoms with Crippen molar-refractivity contribution in [2.45, 2.75) is 471 Å². The molecule has 105 heavy (non-hydrogen) atoms. The summed E-state index contributed by atoms with van der Waals surface area (Å²) >= 11 is 0. The van der Waals surface area contributed by atoms with Gasteiger partial charge < -0.3 is 33.8 Å². The molecule has 0 aliphatic rings. The molecule has 0 aromatic heterocycles. The van der Waals surface area contributed by atoms with Gasteiger partial charge in [-0.1, -0.05) is 402 Å². The van der Waals surface area contributed by atoms with Crippen molar-refractivity contribution in [3.63, 3.8) is 0 Å². The molecule has 0 aromatic carbocycles. The van der Waals surface area contributed by atoms with E-state index in [1.54, 1.807) is 0 Å². The second-order valence-corrected chi connectivity index (χ2v) is 35.0. The molecule has 0 bridgehead atoms. The highest BCUT2D eigenvalue weighted by Crippen LogP contribution is 2.45. The van der Waals surface area contributed by atoms with Crippen LogP contribution in [0.25, 0.3) is 0 Å². The minimum atomic E-state index is -4.97. The highest BCUT2D eigenvalue weighted by Gasteiger charge is 2.30. The van der Waals surface area contributed by atoms with E-state index < -0.39 is 97.5 Å². The molecule has 0 fully saturated rings. The lowest BCUT2D eigenvalue weighted by atomic mass is 9.99. The van der Waals surface area contributed by atoms with Crippen LogP contribution in [0.4, 0.5) is 0 Å². The number of phosphoric ester groups is 2. The number of unbranched alkanes of at least 4 members (excludes halogenated alkanes) is 51.